The van der Waals surface area contributed by atoms with Crippen LogP contribution in [0.1, 0.15) is 11.1 Å². The van der Waals surface area contributed by atoms with Gasteiger partial charge < -0.3 is 14.8 Å². The molecular formula is C16H15FN5O2-. The fourth-order valence-electron chi connectivity index (χ4n) is 2.09. The lowest BCUT2D eigenvalue weighted by atomic mass is 10.2. The Morgan fingerprint density at radius 1 is 1.17 bits per heavy atom. The average molecular weight is 328 g/mol. The Morgan fingerprint density at radius 3 is 2.79 bits per heavy atom. The number of hydrogen-bond acceptors (Lipinski definition) is 5. The van der Waals surface area contributed by atoms with Crippen molar-refractivity contribution in [1.82, 2.24) is 20.6 Å². The average Bonchev–Trinajstić information content (AvgIpc) is 3.13. The van der Waals surface area contributed by atoms with Gasteiger partial charge in [0.2, 0.25) is 0 Å². The van der Waals surface area contributed by atoms with Crippen molar-refractivity contribution in [3.05, 3.63) is 64.7 Å². The Labute approximate surface area is 137 Å². The molecule has 0 amide bonds. The van der Waals surface area contributed by atoms with Gasteiger partial charge in [0.15, 0.2) is 11.5 Å². The topological polar surface area (TPSA) is 87.0 Å². The molecule has 0 aliphatic heterocycles. The van der Waals surface area contributed by atoms with Gasteiger partial charge in [-0.1, -0.05) is 24.3 Å². The lowest BCUT2D eigenvalue weighted by molar-refractivity contribution is 0.279. The van der Waals surface area contributed by atoms with E-state index in [0.717, 1.165) is 5.56 Å². The predicted octanol–water partition coefficient (Wildman–Crippen LogP) is 3.13. The number of aromatic amines is 1. The molecule has 0 saturated carbocycles. The second-order valence-electron chi connectivity index (χ2n) is 4.89. The van der Waals surface area contributed by atoms with Gasteiger partial charge in [0.1, 0.15) is 12.4 Å². The van der Waals surface area contributed by atoms with E-state index >= 15 is 0 Å². The molecule has 3 rings (SSSR count). The molecule has 124 valence electrons. The van der Waals surface area contributed by atoms with Crippen LogP contribution in [0.5, 0.6) is 11.5 Å². The molecule has 0 aliphatic carbocycles. The lowest BCUT2D eigenvalue weighted by Crippen LogP contribution is -2.00. The molecule has 0 spiro atoms. The predicted molar refractivity (Wildman–Crippen MR) is 84.6 cm³/mol. The fourth-order valence-corrected chi connectivity index (χ4v) is 2.09. The number of benzene rings is 2. The van der Waals surface area contributed by atoms with Crippen molar-refractivity contribution < 1.29 is 13.9 Å². The summed E-state index contributed by atoms with van der Waals surface area (Å²) in [6, 6.07) is 11.9. The molecule has 0 radical (unpaired) electrons. The van der Waals surface area contributed by atoms with Crippen molar-refractivity contribution in [2.45, 2.75) is 13.2 Å². The van der Waals surface area contributed by atoms with Crippen LogP contribution in [0.3, 0.4) is 0 Å². The third kappa shape index (κ3) is 3.78. The summed E-state index contributed by atoms with van der Waals surface area (Å²) in [6.45, 7) is 0.499. The minimum absolute atomic E-state index is 0.121. The molecular weight excluding hydrogens is 313 g/mol. The largest absolute Gasteiger partial charge is 0.493 e. The first-order valence-electron chi connectivity index (χ1n) is 7.20. The van der Waals surface area contributed by atoms with E-state index in [1.54, 1.807) is 37.4 Å². The molecule has 0 fully saturated rings. The summed E-state index contributed by atoms with van der Waals surface area (Å²) in [5.41, 5.74) is 1.38. The van der Waals surface area contributed by atoms with Crippen LogP contribution in [0, 0.1) is 5.82 Å². The van der Waals surface area contributed by atoms with E-state index in [0.29, 0.717) is 23.6 Å². The summed E-state index contributed by atoms with van der Waals surface area (Å²) >= 11 is 0. The first-order valence-corrected chi connectivity index (χ1v) is 7.20. The van der Waals surface area contributed by atoms with Crippen molar-refractivity contribution in [3.8, 4) is 11.5 Å². The molecule has 0 bridgehead atoms. The molecule has 1 heterocycles. The van der Waals surface area contributed by atoms with Crippen LogP contribution in [-0.4, -0.2) is 27.7 Å². The second-order valence-corrected chi connectivity index (χ2v) is 4.89. The summed E-state index contributed by atoms with van der Waals surface area (Å²) in [6.07, 6.45) is 0. The highest BCUT2D eigenvalue weighted by atomic mass is 19.1. The number of nitrogens with one attached hydrogen (secondary N) is 1. The fraction of sp³-hybridized carbons (Fsp3) is 0.188. The molecule has 1 N–H and O–H groups in total. The highest BCUT2D eigenvalue weighted by Gasteiger charge is 2.08. The van der Waals surface area contributed by atoms with E-state index < -0.39 is 0 Å². The smallest absolute Gasteiger partial charge is 0.161 e. The molecule has 3 aromatic rings. The Kier molecular flexibility index (Phi) is 4.85. The molecule has 2 aromatic carbocycles. The maximum atomic E-state index is 13.6. The van der Waals surface area contributed by atoms with Crippen molar-refractivity contribution in [2.75, 3.05) is 7.11 Å². The zero-order valence-corrected chi connectivity index (χ0v) is 12.9. The maximum Gasteiger partial charge on any atom is 0.161 e. The number of methoxy groups -OCH3 is 1. The number of rotatable bonds is 7. The first-order chi connectivity index (χ1) is 11.8. The minimum atomic E-state index is -0.299. The number of H-pyrrole nitrogens is 1. The quantitative estimate of drug-likeness (QED) is 0.720. The van der Waals surface area contributed by atoms with Crippen molar-refractivity contribution >= 4 is 5.95 Å². The molecule has 0 saturated heterocycles. The third-order valence-electron chi connectivity index (χ3n) is 3.31. The molecule has 0 unspecified atom stereocenters. The Bertz CT molecular complexity index is 795. The van der Waals surface area contributed by atoms with E-state index in [-0.39, 0.29) is 18.4 Å². The van der Waals surface area contributed by atoms with Gasteiger partial charge in [-0.15, -0.1) is 5.21 Å². The monoisotopic (exact) mass is 328 g/mol. The molecule has 24 heavy (non-hydrogen) atoms. The van der Waals surface area contributed by atoms with Gasteiger partial charge in [0.05, 0.1) is 13.1 Å². The van der Waals surface area contributed by atoms with Crippen molar-refractivity contribution in [3.63, 3.8) is 0 Å². The molecule has 8 heteroatoms. The normalized spacial score (nSPS) is 10.4. The standard InChI is InChI=1S/C16H15FN5O2/c1-23-15-8-11(9-18-16-19-21-22-20-16)6-7-14(15)24-10-12-4-2-3-5-13(12)17/h2-8H,9-10H2,1H3,(H-,18,19,20,21,22)/q-1. The minimum Gasteiger partial charge on any atom is -0.493 e. The van der Waals surface area contributed by atoms with E-state index in [4.69, 9.17) is 9.47 Å². The summed E-state index contributed by atoms with van der Waals surface area (Å²) < 4.78 is 24.6. The van der Waals surface area contributed by atoms with Gasteiger partial charge in [-0.05, 0) is 23.8 Å². The molecule has 7 nitrogen and oxygen atoms in total. The van der Waals surface area contributed by atoms with E-state index in [1.807, 2.05) is 6.07 Å². The number of ether oxygens (including phenoxy) is 2. The van der Waals surface area contributed by atoms with Gasteiger partial charge in [0, 0.05) is 12.1 Å². The summed E-state index contributed by atoms with van der Waals surface area (Å²) in [5, 5.41) is 17.5. The van der Waals surface area contributed by atoms with Crippen molar-refractivity contribution in [2.24, 2.45) is 0 Å². The summed E-state index contributed by atoms with van der Waals surface area (Å²) in [4.78, 5) is 0. The van der Waals surface area contributed by atoms with Gasteiger partial charge in [-0.2, -0.15) is 0 Å². The third-order valence-corrected chi connectivity index (χ3v) is 3.31. The van der Waals surface area contributed by atoms with Crippen LogP contribution in [0.4, 0.5) is 10.3 Å². The van der Waals surface area contributed by atoms with Gasteiger partial charge in [-0.25, -0.2) is 4.39 Å². The zero-order chi connectivity index (χ0) is 16.8. The first kappa shape index (κ1) is 15.7. The number of halogens is 1. The number of tetrazole rings is 1. The van der Waals surface area contributed by atoms with Crippen LogP contribution in [0.2, 0.25) is 0 Å². The van der Waals surface area contributed by atoms with E-state index in [9.17, 15) is 4.39 Å². The van der Waals surface area contributed by atoms with Crippen LogP contribution in [0.15, 0.2) is 42.5 Å². The van der Waals surface area contributed by atoms with E-state index in [1.165, 1.54) is 6.07 Å². The van der Waals surface area contributed by atoms with Crippen LogP contribution in [-0.2, 0) is 13.2 Å². The highest BCUT2D eigenvalue weighted by Crippen LogP contribution is 2.30. The lowest BCUT2D eigenvalue weighted by Gasteiger charge is -2.13. The molecule has 0 atom stereocenters. The number of nitrogens with zero attached hydrogens (tertiary/aromatic N) is 4. The van der Waals surface area contributed by atoms with Gasteiger partial charge in [-0.3, -0.25) is 15.4 Å². The van der Waals surface area contributed by atoms with Crippen LogP contribution in [0.25, 0.3) is 5.32 Å². The molecule has 0 aliphatic rings. The van der Waals surface area contributed by atoms with Gasteiger partial charge in [0.25, 0.3) is 0 Å². The zero-order valence-electron chi connectivity index (χ0n) is 12.9. The number of hydrogen-bond donors (Lipinski definition) is 1. The Morgan fingerprint density at radius 2 is 2.04 bits per heavy atom. The van der Waals surface area contributed by atoms with Crippen LogP contribution < -0.4 is 9.47 Å². The SMILES string of the molecule is COc1cc(C[N-]c2nn[nH]n2)ccc1OCc1ccccc1F. The van der Waals surface area contributed by atoms with E-state index in [2.05, 4.69) is 25.9 Å². The highest BCUT2D eigenvalue weighted by molar-refractivity contribution is 5.44. The molecule has 1 aromatic heterocycles. The summed E-state index contributed by atoms with van der Waals surface area (Å²) in [7, 11) is 1.55. The Balaban J connectivity index is 1.66. The maximum absolute atomic E-state index is 13.6. The van der Waals surface area contributed by atoms with Crippen LogP contribution >= 0.6 is 0 Å². The van der Waals surface area contributed by atoms with Crippen molar-refractivity contribution in [1.29, 1.82) is 0 Å². The second kappa shape index (κ2) is 7.40. The van der Waals surface area contributed by atoms with Gasteiger partial charge >= 0.3 is 0 Å². The number of aromatic nitrogens is 4. The Hall–Kier alpha value is -3.16. The summed E-state index contributed by atoms with van der Waals surface area (Å²) in [5.74, 6) is 1.07.